The minimum Gasteiger partial charge on any atom is -0.479 e. The van der Waals surface area contributed by atoms with Gasteiger partial charge in [-0.3, -0.25) is 9.59 Å². The third-order valence-corrected chi connectivity index (χ3v) is 5.60. The van der Waals surface area contributed by atoms with E-state index in [1.54, 1.807) is 36.4 Å². The van der Waals surface area contributed by atoms with Crippen LogP contribution in [0.4, 0.5) is 5.69 Å². The number of carbonyl (C=O) groups excluding carboxylic acids is 2. The summed E-state index contributed by atoms with van der Waals surface area (Å²) in [6, 6.07) is 13.0. The maximum absolute atomic E-state index is 13.1. The highest BCUT2D eigenvalue weighted by Gasteiger charge is 2.39. The summed E-state index contributed by atoms with van der Waals surface area (Å²) >= 11 is 0. The van der Waals surface area contributed by atoms with Crippen molar-refractivity contribution >= 4 is 23.5 Å². The van der Waals surface area contributed by atoms with Crippen molar-refractivity contribution in [3.8, 4) is 0 Å². The molecule has 1 fully saturated rings. The number of benzene rings is 2. The van der Waals surface area contributed by atoms with Gasteiger partial charge in [-0.05, 0) is 48.1 Å². The number of nitrogens with zero attached hydrogens (tertiary/aromatic N) is 1. The SMILES string of the molecule is CC1CC1C(=O)Nc1cccc(C(=O)N2CCc3ccccc3C2C(=O)O)c1. The van der Waals surface area contributed by atoms with E-state index in [4.69, 9.17) is 0 Å². The van der Waals surface area contributed by atoms with Gasteiger partial charge in [-0.15, -0.1) is 0 Å². The number of rotatable bonds is 4. The maximum atomic E-state index is 13.1. The standard InChI is InChI=1S/C22H22N2O4/c1-13-11-18(13)20(25)23-16-7-4-6-15(12-16)21(26)24-10-9-14-5-2-3-8-17(14)19(24)22(27)28/h2-8,12-13,18-19H,9-11H2,1H3,(H,23,25)(H,27,28). The number of anilines is 1. The summed E-state index contributed by atoms with van der Waals surface area (Å²) in [5, 5.41) is 12.6. The summed E-state index contributed by atoms with van der Waals surface area (Å²) in [5.41, 5.74) is 2.53. The zero-order valence-corrected chi connectivity index (χ0v) is 15.6. The second kappa shape index (κ2) is 7.11. The fourth-order valence-electron chi connectivity index (χ4n) is 3.87. The van der Waals surface area contributed by atoms with Crippen molar-refractivity contribution in [2.24, 2.45) is 11.8 Å². The molecule has 4 rings (SSSR count). The number of aliphatic carboxylic acids is 1. The molecule has 28 heavy (non-hydrogen) atoms. The van der Waals surface area contributed by atoms with Crippen LogP contribution in [-0.2, 0) is 16.0 Å². The van der Waals surface area contributed by atoms with Gasteiger partial charge in [0.1, 0.15) is 0 Å². The van der Waals surface area contributed by atoms with Gasteiger partial charge in [-0.1, -0.05) is 37.3 Å². The Morgan fingerprint density at radius 1 is 1.11 bits per heavy atom. The van der Waals surface area contributed by atoms with Gasteiger partial charge in [0.25, 0.3) is 5.91 Å². The number of fused-ring (bicyclic) bond motifs is 1. The number of hydrogen-bond acceptors (Lipinski definition) is 3. The topological polar surface area (TPSA) is 86.7 Å². The maximum Gasteiger partial charge on any atom is 0.331 e. The van der Waals surface area contributed by atoms with Crippen molar-refractivity contribution in [3.05, 3.63) is 65.2 Å². The molecule has 6 nitrogen and oxygen atoms in total. The Labute approximate surface area is 163 Å². The van der Waals surface area contributed by atoms with Crippen LogP contribution in [0.2, 0.25) is 0 Å². The molecule has 1 aliphatic heterocycles. The smallest absolute Gasteiger partial charge is 0.331 e. The molecule has 1 aliphatic carbocycles. The summed E-state index contributed by atoms with van der Waals surface area (Å²) in [6.07, 6.45) is 1.50. The van der Waals surface area contributed by atoms with Crippen LogP contribution in [0, 0.1) is 11.8 Å². The molecule has 2 amide bonds. The van der Waals surface area contributed by atoms with Crippen molar-refractivity contribution in [3.63, 3.8) is 0 Å². The normalized spacial score (nSPS) is 22.9. The molecule has 3 unspecified atom stereocenters. The molecule has 3 atom stereocenters. The van der Waals surface area contributed by atoms with Gasteiger partial charge >= 0.3 is 5.97 Å². The summed E-state index contributed by atoms with van der Waals surface area (Å²) < 4.78 is 0. The molecular formula is C22H22N2O4. The van der Waals surface area contributed by atoms with Crippen molar-refractivity contribution in [2.45, 2.75) is 25.8 Å². The second-order valence-electron chi connectivity index (χ2n) is 7.58. The van der Waals surface area contributed by atoms with E-state index in [-0.39, 0.29) is 17.7 Å². The first-order valence-electron chi connectivity index (χ1n) is 9.48. The molecule has 0 spiro atoms. The number of carbonyl (C=O) groups is 3. The van der Waals surface area contributed by atoms with E-state index in [1.807, 2.05) is 19.1 Å². The van der Waals surface area contributed by atoms with Crippen LogP contribution in [0.25, 0.3) is 0 Å². The third kappa shape index (κ3) is 3.38. The molecule has 2 N–H and O–H groups in total. The minimum absolute atomic E-state index is 0.0348. The Morgan fingerprint density at radius 2 is 1.86 bits per heavy atom. The number of carboxylic acid groups (broad SMARTS) is 1. The van der Waals surface area contributed by atoms with E-state index < -0.39 is 12.0 Å². The summed E-state index contributed by atoms with van der Waals surface area (Å²) in [7, 11) is 0. The lowest BCUT2D eigenvalue weighted by Crippen LogP contribution is -2.43. The lowest BCUT2D eigenvalue weighted by molar-refractivity contribution is -0.143. The van der Waals surface area contributed by atoms with Crippen LogP contribution in [-0.4, -0.2) is 34.3 Å². The zero-order chi connectivity index (χ0) is 19.8. The molecule has 144 valence electrons. The van der Waals surface area contributed by atoms with Crippen molar-refractivity contribution in [1.29, 1.82) is 0 Å². The Morgan fingerprint density at radius 3 is 2.57 bits per heavy atom. The van der Waals surface area contributed by atoms with E-state index in [9.17, 15) is 19.5 Å². The molecule has 1 saturated carbocycles. The zero-order valence-electron chi connectivity index (χ0n) is 15.6. The predicted molar refractivity (Wildman–Crippen MR) is 104 cm³/mol. The van der Waals surface area contributed by atoms with E-state index >= 15 is 0 Å². The van der Waals surface area contributed by atoms with Crippen LogP contribution in [0.1, 0.15) is 40.9 Å². The third-order valence-electron chi connectivity index (χ3n) is 5.60. The van der Waals surface area contributed by atoms with Gasteiger partial charge < -0.3 is 15.3 Å². The fraction of sp³-hybridized carbons (Fsp3) is 0.318. The Bertz CT molecular complexity index is 955. The largest absolute Gasteiger partial charge is 0.479 e. The molecule has 2 aromatic carbocycles. The highest BCUT2D eigenvalue weighted by Crippen LogP contribution is 2.38. The highest BCUT2D eigenvalue weighted by atomic mass is 16.4. The molecule has 2 aromatic rings. The van der Waals surface area contributed by atoms with Crippen LogP contribution in [0.5, 0.6) is 0 Å². The molecule has 0 radical (unpaired) electrons. The Kier molecular flexibility index (Phi) is 4.63. The van der Waals surface area contributed by atoms with Gasteiger partial charge in [-0.25, -0.2) is 4.79 Å². The Hall–Kier alpha value is -3.15. The van der Waals surface area contributed by atoms with Crippen LogP contribution < -0.4 is 5.32 Å². The fourth-order valence-corrected chi connectivity index (χ4v) is 3.87. The first-order chi connectivity index (χ1) is 13.5. The molecular weight excluding hydrogens is 356 g/mol. The van der Waals surface area contributed by atoms with Crippen molar-refractivity contribution in [2.75, 3.05) is 11.9 Å². The van der Waals surface area contributed by atoms with Crippen molar-refractivity contribution < 1.29 is 19.5 Å². The van der Waals surface area contributed by atoms with Gasteiger partial charge in [-0.2, -0.15) is 0 Å². The molecule has 1 heterocycles. The van der Waals surface area contributed by atoms with Gasteiger partial charge in [0.15, 0.2) is 6.04 Å². The lowest BCUT2D eigenvalue weighted by atomic mass is 9.92. The summed E-state index contributed by atoms with van der Waals surface area (Å²) in [5.74, 6) is -0.998. The van der Waals surface area contributed by atoms with Crippen LogP contribution >= 0.6 is 0 Å². The molecule has 0 aromatic heterocycles. The molecule has 0 bridgehead atoms. The quantitative estimate of drug-likeness (QED) is 0.856. The average Bonchev–Trinajstić information content (AvgIpc) is 3.43. The second-order valence-corrected chi connectivity index (χ2v) is 7.58. The number of nitrogens with one attached hydrogen (secondary N) is 1. The van der Waals surface area contributed by atoms with Gasteiger partial charge in [0, 0.05) is 23.7 Å². The molecule has 2 aliphatic rings. The van der Waals surface area contributed by atoms with E-state index in [1.165, 1.54) is 4.90 Å². The monoisotopic (exact) mass is 378 g/mol. The van der Waals surface area contributed by atoms with E-state index in [0.29, 0.717) is 35.7 Å². The number of carboxylic acids is 1. The van der Waals surface area contributed by atoms with Crippen LogP contribution in [0.15, 0.2) is 48.5 Å². The van der Waals surface area contributed by atoms with Crippen molar-refractivity contribution in [1.82, 2.24) is 4.90 Å². The molecule has 6 heteroatoms. The first kappa shape index (κ1) is 18.2. The van der Waals surface area contributed by atoms with Crippen LogP contribution in [0.3, 0.4) is 0 Å². The molecule has 0 saturated heterocycles. The highest BCUT2D eigenvalue weighted by molar-refractivity contribution is 6.00. The van der Waals surface area contributed by atoms with Gasteiger partial charge in [0.05, 0.1) is 0 Å². The number of amides is 2. The average molecular weight is 378 g/mol. The minimum atomic E-state index is -1.05. The van der Waals surface area contributed by atoms with E-state index in [0.717, 1.165) is 12.0 Å². The Balaban J connectivity index is 1.58. The first-order valence-corrected chi connectivity index (χ1v) is 9.48. The summed E-state index contributed by atoms with van der Waals surface area (Å²) in [6.45, 7) is 2.37. The lowest BCUT2D eigenvalue weighted by Gasteiger charge is -2.34. The predicted octanol–water partition coefficient (Wildman–Crippen LogP) is 3.11. The van der Waals surface area contributed by atoms with E-state index in [2.05, 4.69) is 5.32 Å². The number of hydrogen-bond donors (Lipinski definition) is 2. The summed E-state index contributed by atoms with van der Waals surface area (Å²) in [4.78, 5) is 38.6. The van der Waals surface area contributed by atoms with Gasteiger partial charge in [0.2, 0.25) is 5.91 Å².